The fourth-order valence-corrected chi connectivity index (χ4v) is 2.15. The minimum Gasteiger partial charge on any atom is -0.506 e. The van der Waals surface area contributed by atoms with Gasteiger partial charge in [0.25, 0.3) is 0 Å². The molecule has 3 aromatic rings. The van der Waals surface area contributed by atoms with Crippen molar-refractivity contribution >= 4 is 17.6 Å². The number of nitrogens with zero attached hydrogens (tertiary/aromatic N) is 3. The minimum absolute atomic E-state index is 0.0308. The first-order chi connectivity index (χ1) is 11.0. The first kappa shape index (κ1) is 14.9. The first-order valence-electron chi connectivity index (χ1n) is 6.43. The van der Waals surface area contributed by atoms with E-state index in [1.165, 1.54) is 36.7 Å². The molecular weight excluding hydrogens is 322 g/mol. The summed E-state index contributed by atoms with van der Waals surface area (Å²) in [4.78, 5) is 14.8. The summed E-state index contributed by atoms with van der Waals surface area (Å²) in [7, 11) is 0. The van der Waals surface area contributed by atoms with Crippen LogP contribution >= 0.6 is 11.6 Å². The zero-order valence-corrected chi connectivity index (χ0v) is 12.3. The maximum absolute atomic E-state index is 10.8. The van der Waals surface area contributed by atoms with E-state index in [-0.39, 0.29) is 28.0 Å². The van der Waals surface area contributed by atoms with Crippen molar-refractivity contribution in [3.63, 3.8) is 0 Å². The smallest absolute Gasteiger partial charge is 0.337 e. The summed E-state index contributed by atoms with van der Waals surface area (Å²) in [6, 6.07) is 7.33. The molecule has 7 nitrogen and oxygen atoms in total. The van der Waals surface area contributed by atoms with E-state index in [4.69, 9.17) is 16.7 Å². The second-order valence-corrected chi connectivity index (χ2v) is 5.08. The molecule has 0 aliphatic heterocycles. The number of halogens is 1. The van der Waals surface area contributed by atoms with Crippen molar-refractivity contribution in [2.24, 2.45) is 0 Å². The highest BCUT2D eigenvalue weighted by Gasteiger charge is 2.15. The van der Waals surface area contributed by atoms with E-state index < -0.39 is 5.97 Å². The Morgan fingerprint density at radius 1 is 1.13 bits per heavy atom. The molecule has 0 radical (unpaired) electrons. The van der Waals surface area contributed by atoms with Crippen LogP contribution in [0.5, 0.6) is 11.6 Å². The fourth-order valence-electron chi connectivity index (χ4n) is 2.03. The van der Waals surface area contributed by atoms with E-state index >= 15 is 0 Å². The van der Waals surface area contributed by atoms with Crippen LogP contribution in [0.2, 0.25) is 5.02 Å². The van der Waals surface area contributed by atoms with Crippen molar-refractivity contribution in [3.8, 4) is 28.6 Å². The fraction of sp³-hybridized carbons (Fsp3) is 0. The van der Waals surface area contributed by atoms with Crippen molar-refractivity contribution in [3.05, 3.63) is 53.3 Å². The standard InChI is InChI=1S/C15H10ClN3O4/c16-11-3-1-8(5-12(11)20)10-7-18-19(14(10)21)13-4-2-9(6-17-13)15(22)23/h1-7,20-21H,(H,22,23). The van der Waals surface area contributed by atoms with E-state index in [9.17, 15) is 15.0 Å². The molecule has 0 atom stereocenters. The summed E-state index contributed by atoms with van der Waals surface area (Å²) >= 11 is 5.76. The molecule has 1 aromatic carbocycles. The van der Waals surface area contributed by atoms with Crippen LogP contribution in [0.25, 0.3) is 16.9 Å². The Morgan fingerprint density at radius 2 is 1.91 bits per heavy atom. The molecule has 0 saturated heterocycles. The number of carbonyl (C=O) groups is 1. The van der Waals surface area contributed by atoms with Crippen LogP contribution in [0.1, 0.15) is 10.4 Å². The summed E-state index contributed by atoms with van der Waals surface area (Å²) in [6.45, 7) is 0. The third-order valence-electron chi connectivity index (χ3n) is 3.21. The average molecular weight is 332 g/mol. The van der Waals surface area contributed by atoms with E-state index in [1.807, 2.05) is 0 Å². The summed E-state index contributed by atoms with van der Waals surface area (Å²) in [5, 5.41) is 33.0. The number of phenols is 1. The Morgan fingerprint density at radius 3 is 2.52 bits per heavy atom. The van der Waals surface area contributed by atoms with Gasteiger partial charge in [-0.05, 0) is 29.8 Å². The monoisotopic (exact) mass is 331 g/mol. The van der Waals surface area contributed by atoms with Gasteiger partial charge in [-0.2, -0.15) is 9.78 Å². The Bertz CT molecular complexity index is 890. The highest BCUT2D eigenvalue weighted by atomic mass is 35.5. The quantitative estimate of drug-likeness (QED) is 0.681. The van der Waals surface area contributed by atoms with Crippen molar-refractivity contribution in [1.29, 1.82) is 0 Å². The summed E-state index contributed by atoms with van der Waals surface area (Å²) < 4.78 is 1.16. The Labute approximate surface area is 135 Å². The third kappa shape index (κ3) is 2.69. The molecule has 116 valence electrons. The van der Waals surface area contributed by atoms with Gasteiger partial charge in [0.2, 0.25) is 5.88 Å². The summed E-state index contributed by atoms with van der Waals surface area (Å²) in [5.41, 5.74) is 0.933. The molecule has 0 spiro atoms. The zero-order valence-electron chi connectivity index (χ0n) is 11.5. The topological polar surface area (TPSA) is 108 Å². The molecule has 0 unspecified atom stereocenters. The average Bonchev–Trinajstić information content (AvgIpc) is 2.92. The molecule has 0 aliphatic rings. The number of phenolic OH excluding ortho intramolecular Hbond substituents is 1. The van der Waals surface area contributed by atoms with Gasteiger partial charge in [-0.1, -0.05) is 17.7 Å². The molecule has 0 saturated carbocycles. The third-order valence-corrected chi connectivity index (χ3v) is 3.53. The first-order valence-corrected chi connectivity index (χ1v) is 6.81. The van der Waals surface area contributed by atoms with E-state index in [1.54, 1.807) is 6.07 Å². The van der Waals surface area contributed by atoms with Crippen LogP contribution in [0.3, 0.4) is 0 Å². The van der Waals surface area contributed by atoms with Gasteiger partial charge in [-0.3, -0.25) is 0 Å². The second kappa shape index (κ2) is 5.62. The van der Waals surface area contributed by atoms with Gasteiger partial charge < -0.3 is 15.3 Å². The van der Waals surface area contributed by atoms with E-state index in [0.29, 0.717) is 11.1 Å². The highest BCUT2D eigenvalue weighted by molar-refractivity contribution is 6.32. The molecule has 2 aromatic heterocycles. The van der Waals surface area contributed by atoms with E-state index in [0.717, 1.165) is 4.68 Å². The van der Waals surface area contributed by atoms with Gasteiger partial charge in [0.15, 0.2) is 5.82 Å². The molecular formula is C15H10ClN3O4. The predicted octanol–water partition coefficient (Wildman–Crippen LogP) is 2.70. The Hall–Kier alpha value is -3.06. The summed E-state index contributed by atoms with van der Waals surface area (Å²) in [5.74, 6) is -1.13. The van der Waals surface area contributed by atoms with Crippen LogP contribution in [-0.2, 0) is 0 Å². The number of hydrogen-bond donors (Lipinski definition) is 3. The lowest BCUT2D eigenvalue weighted by Gasteiger charge is -2.04. The van der Waals surface area contributed by atoms with Crippen LogP contribution in [-0.4, -0.2) is 36.1 Å². The predicted molar refractivity (Wildman–Crippen MR) is 82.1 cm³/mol. The number of aromatic hydroxyl groups is 2. The Kier molecular flexibility index (Phi) is 3.63. The SMILES string of the molecule is O=C(O)c1ccc(-n2ncc(-c3ccc(Cl)c(O)c3)c2O)nc1. The maximum Gasteiger partial charge on any atom is 0.337 e. The summed E-state index contributed by atoms with van der Waals surface area (Å²) in [6.07, 6.45) is 2.58. The van der Waals surface area contributed by atoms with Crippen LogP contribution in [0, 0.1) is 0 Å². The number of aromatic carboxylic acids is 1. The molecule has 8 heteroatoms. The van der Waals surface area contributed by atoms with Crippen molar-refractivity contribution in [2.75, 3.05) is 0 Å². The van der Waals surface area contributed by atoms with Gasteiger partial charge in [-0.15, -0.1) is 0 Å². The molecule has 0 aliphatic carbocycles. The number of benzene rings is 1. The van der Waals surface area contributed by atoms with Gasteiger partial charge in [0.1, 0.15) is 5.75 Å². The molecule has 3 rings (SSSR count). The second-order valence-electron chi connectivity index (χ2n) is 4.67. The van der Waals surface area contributed by atoms with Crippen molar-refractivity contribution in [2.45, 2.75) is 0 Å². The lowest BCUT2D eigenvalue weighted by atomic mass is 10.1. The zero-order chi connectivity index (χ0) is 16.6. The molecule has 3 N–H and O–H groups in total. The maximum atomic E-state index is 10.8. The van der Waals surface area contributed by atoms with Gasteiger partial charge in [0.05, 0.1) is 22.3 Å². The lowest BCUT2D eigenvalue weighted by Crippen LogP contribution is -2.02. The number of hydrogen-bond acceptors (Lipinski definition) is 5. The Balaban J connectivity index is 2.01. The number of carboxylic acids is 1. The molecule has 23 heavy (non-hydrogen) atoms. The number of aromatic nitrogens is 3. The lowest BCUT2D eigenvalue weighted by molar-refractivity contribution is 0.0696. The normalized spacial score (nSPS) is 10.7. The van der Waals surface area contributed by atoms with Crippen LogP contribution in [0.15, 0.2) is 42.7 Å². The van der Waals surface area contributed by atoms with Gasteiger partial charge >= 0.3 is 5.97 Å². The van der Waals surface area contributed by atoms with Crippen molar-refractivity contribution < 1.29 is 20.1 Å². The van der Waals surface area contributed by atoms with E-state index in [2.05, 4.69) is 10.1 Å². The largest absolute Gasteiger partial charge is 0.506 e. The molecule has 0 fully saturated rings. The minimum atomic E-state index is -1.09. The molecule has 0 amide bonds. The number of rotatable bonds is 3. The van der Waals surface area contributed by atoms with Gasteiger partial charge in [-0.25, -0.2) is 9.78 Å². The van der Waals surface area contributed by atoms with Crippen LogP contribution < -0.4 is 0 Å². The number of carboxylic acid groups (broad SMARTS) is 1. The number of pyridine rings is 1. The molecule has 0 bridgehead atoms. The molecule has 2 heterocycles. The van der Waals surface area contributed by atoms with Crippen LogP contribution in [0.4, 0.5) is 0 Å². The van der Waals surface area contributed by atoms with Gasteiger partial charge in [0, 0.05) is 6.20 Å². The highest BCUT2D eigenvalue weighted by Crippen LogP contribution is 2.34. The van der Waals surface area contributed by atoms with Crippen molar-refractivity contribution in [1.82, 2.24) is 14.8 Å².